The van der Waals surface area contributed by atoms with E-state index in [1.165, 1.54) is 89.5 Å². The summed E-state index contributed by atoms with van der Waals surface area (Å²) >= 11 is 0. The Labute approximate surface area is 316 Å². The zero-order chi connectivity index (χ0) is 38.5. The zero-order valence-corrected chi connectivity index (χ0v) is 33.8. The number of phosphoric ester groups is 1. The topological polar surface area (TPSA) is 136 Å². The van der Waals surface area contributed by atoms with Crippen LogP contribution in [0.3, 0.4) is 0 Å². The van der Waals surface area contributed by atoms with Gasteiger partial charge in [-0.05, 0) is 50.5 Å². The summed E-state index contributed by atoms with van der Waals surface area (Å²) in [7, 11) is -4.81. The average Bonchev–Trinajstić information content (AvgIpc) is 3.09. The molecule has 52 heavy (non-hydrogen) atoms. The van der Waals surface area contributed by atoms with E-state index in [0.717, 1.165) is 44.4 Å². The van der Waals surface area contributed by atoms with Gasteiger partial charge in [-0.2, -0.15) is 0 Å². The average molecular weight is 753 g/mol. The van der Waals surface area contributed by atoms with Gasteiger partial charge in [0.05, 0.1) is 6.61 Å². The Bertz CT molecular complexity index is 1060. The lowest BCUT2D eigenvalue weighted by Crippen LogP contribution is -2.29. The summed E-state index contributed by atoms with van der Waals surface area (Å²) in [4.78, 5) is 54.9. The third-order valence-electron chi connectivity index (χ3n) is 8.50. The third kappa shape index (κ3) is 38.9. The highest BCUT2D eigenvalue weighted by Gasteiger charge is 2.23. The van der Waals surface area contributed by atoms with Gasteiger partial charge in [0.2, 0.25) is 0 Å². The lowest BCUT2D eigenvalue weighted by molar-refractivity contribution is -0.161. The molecule has 0 aliphatic carbocycles. The van der Waals surface area contributed by atoms with Crippen LogP contribution in [0.1, 0.15) is 175 Å². The van der Waals surface area contributed by atoms with E-state index in [2.05, 4.69) is 49.6 Å². The monoisotopic (exact) mass is 752 g/mol. The molecular weight excluding hydrogens is 679 g/mol. The second-order valence-electron chi connectivity index (χ2n) is 14.1. The SMILES string of the molecule is CCCCC/C=C\C/C=C\C/C=C\C=C\C(=O)CCCC(=O)OC[C@H](COP(=O)(O)O)OC(=O)CCCCCCCCCCCCCCCC(C)C. The van der Waals surface area contributed by atoms with Crippen LogP contribution in [-0.2, 0) is 32.9 Å². The van der Waals surface area contributed by atoms with Crippen LogP contribution in [0.15, 0.2) is 48.6 Å². The Balaban J connectivity index is 4.13. The Morgan fingerprint density at radius 2 is 1.17 bits per heavy atom. The highest BCUT2D eigenvalue weighted by molar-refractivity contribution is 7.46. The smallest absolute Gasteiger partial charge is 0.462 e. The van der Waals surface area contributed by atoms with Crippen LogP contribution in [0.2, 0.25) is 0 Å². The molecule has 0 aromatic rings. The second kappa shape index (κ2) is 35.7. The first-order chi connectivity index (χ1) is 25.0. The lowest BCUT2D eigenvalue weighted by Gasteiger charge is -2.18. The van der Waals surface area contributed by atoms with Gasteiger partial charge in [-0.15, -0.1) is 0 Å². The first kappa shape index (κ1) is 49.7. The van der Waals surface area contributed by atoms with Crippen molar-refractivity contribution in [3.8, 4) is 0 Å². The van der Waals surface area contributed by atoms with Crippen LogP contribution >= 0.6 is 7.82 Å². The van der Waals surface area contributed by atoms with Crippen LogP contribution in [0, 0.1) is 5.92 Å². The van der Waals surface area contributed by atoms with Crippen LogP contribution in [0.4, 0.5) is 0 Å². The van der Waals surface area contributed by atoms with Gasteiger partial charge >= 0.3 is 19.8 Å². The highest BCUT2D eigenvalue weighted by Crippen LogP contribution is 2.36. The lowest BCUT2D eigenvalue weighted by atomic mass is 10.0. The maximum Gasteiger partial charge on any atom is 0.469 e. The highest BCUT2D eigenvalue weighted by atomic mass is 31.2. The summed E-state index contributed by atoms with van der Waals surface area (Å²) in [5.41, 5.74) is 0. The Kier molecular flexibility index (Phi) is 34.1. The minimum atomic E-state index is -4.81. The predicted octanol–water partition coefficient (Wildman–Crippen LogP) is 11.4. The van der Waals surface area contributed by atoms with E-state index >= 15 is 0 Å². The molecule has 0 amide bonds. The zero-order valence-electron chi connectivity index (χ0n) is 32.9. The second-order valence-corrected chi connectivity index (χ2v) is 15.4. The first-order valence-electron chi connectivity index (χ1n) is 20.2. The van der Waals surface area contributed by atoms with E-state index < -0.39 is 39.1 Å². The van der Waals surface area contributed by atoms with Crippen molar-refractivity contribution in [3.05, 3.63) is 48.6 Å². The molecule has 0 aliphatic heterocycles. The molecule has 0 aromatic heterocycles. The molecule has 0 rings (SSSR count). The molecule has 0 saturated heterocycles. The Morgan fingerprint density at radius 1 is 0.615 bits per heavy atom. The van der Waals surface area contributed by atoms with Gasteiger partial charge in [0, 0.05) is 19.3 Å². The van der Waals surface area contributed by atoms with Crippen molar-refractivity contribution >= 4 is 25.5 Å². The number of ketones is 1. The van der Waals surface area contributed by atoms with Crippen LogP contribution in [0.25, 0.3) is 0 Å². The van der Waals surface area contributed by atoms with Crippen molar-refractivity contribution in [2.45, 2.75) is 181 Å². The molecule has 0 saturated carbocycles. The fourth-order valence-electron chi connectivity index (χ4n) is 5.45. The number of esters is 2. The van der Waals surface area contributed by atoms with Crippen molar-refractivity contribution in [3.63, 3.8) is 0 Å². The predicted molar refractivity (Wildman–Crippen MR) is 212 cm³/mol. The molecule has 300 valence electrons. The molecule has 0 unspecified atom stereocenters. The standard InChI is InChI=1S/C42H73O9P/c1-4-5-6-7-8-9-10-12-16-19-22-25-28-32-39(43)33-30-35-41(44)49-36-40(37-50-52(46,47)48)51-42(45)34-29-26-23-20-17-14-11-13-15-18-21-24-27-31-38(2)3/h8-9,12,16,22,25,28,32,38,40H,4-7,10-11,13-15,17-21,23-24,26-27,29-31,33-37H2,1-3H3,(H2,46,47,48)/b9-8-,16-12-,25-22-,32-28+/t40-/m1/s1. The summed E-state index contributed by atoms with van der Waals surface area (Å²) in [5.74, 6) is -0.440. The summed E-state index contributed by atoms with van der Waals surface area (Å²) < 4.78 is 26.2. The largest absolute Gasteiger partial charge is 0.469 e. The van der Waals surface area contributed by atoms with Crippen molar-refractivity contribution < 1.29 is 42.7 Å². The fourth-order valence-corrected chi connectivity index (χ4v) is 5.81. The number of hydrogen-bond acceptors (Lipinski definition) is 7. The number of hydrogen-bond donors (Lipinski definition) is 2. The minimum absolute atomic E-state index is 0.0220. The number of unbranched alkanes of at least 4 members (excludes halogenated alkanes) is 15. The number of allylic oxidation sites excluding steroid dienone is 8. The Hall–Kier alpha value is -2.32. The van der Waals surface area contributed by atoms with Gasteiger partial charge in [-0.1, -0.05) is 160 Å². The maximum atomic E-state index is 12.4. The van der Waals surface area contributed by atoms with Crippen molar-refractivity contribution in [2.75, 3.05) is 13.2 Å². The summed E-state index contributed by atoms with van der Waals surface area (Å²) in [6.07, 6.45) is 38.4. The molecule has 9 nitrogen and oxygen atoms in total. The van der Waals surface area contributed by atoms with E-state index in [0.29, 0.717) is 6.42 Å². The molecule has 10 heteroatoms. The minimum Gasteiger partial charge on any atom is -0.462 e. The van der Waals surface area contributed by atoms with E-state index in [4.69, 9.17) is 19.3 Å². The summed E-state index contributed by atoms with van der Waals surface area (Å²) in [6, 6.07) is 0. The number of carbonyl (C=O) groups excluding carboxylic acids is 3. The van der Waals surface area contributed by atoms with Crippen molar-refractivity contribution in [1.29, 1.82) is 0 Å². The molecule has 0 heterocycles. The van der Waals surface area contributed by atoms with E-state index in [1.807, 2.05) is 12.2 Å². The van der Waals surface area contributed by atoms with Crippen LogP contribution in [-0.4, -0.2) is 46.8 Å². The maximum absolute atomic E-state index is 12.4. The van der Waals surface area contributed by atoms with Gasteiger partial charge in [0.1, 0.15) is 6.61 Å². The molecule has 0 aromatic carbocycles. The van der Waals surface area contributed by atoms with E-state index in [-0.39, 0.29) is 31.5 Å². The van der Waals surface area contributed by atoms with Gasteiger partial charge < -0.3 is 19.3 Å². The third-order valence-corrected chi connectivity index (χ3v) is 8.99. The molecular formula is C42H73O9P. The summed E-state index contributed by atoms with van der Waals surface area (Å²) in [6.45, 7) is 5.77. The number of phosphoric acid groups is 1. The molecule has 2 N–H and O–H groups in total. The van der Waals surface area contributed by atoms with Gasteiger partial charge in [-0.25, -0.2) is 4.57 Å². The van der Waals surface area contributed by atoms with E-state index in [9.17, 15) is 18.9 Å². The quantitative estimate of drug-likeness (QED) is 0.0160. The van der Waals surface area contributed by atoms with Crippen molar-refractivity contribution in [2.24, 2.45) is 5.92 Å². The van der Waals surface area contributed by atoms with Crippen LogP contribution in [0.5, 0.6) is 0 Å². The molecule has 0 bridgehead atoms. The number of carbonyl (C=O) groups is 3. The fraction of sp³-hybridized carbons (Fsp3) is 0.738. The summed E-state index contributed by atoms with van der Waals surface area (Å²) in [5, 5.41) is 0. The van der Waals surface area contributed by atoms with Crippen LogP contribution < -0.4 is 0 Å². The molecule has 0 radical (unpaired) electrons. The normalized spacial score (nSPS) is 13.0. The van der Waals surface area contributed by atoms with Crippen molar-refractivity contribution in [1.82, 2.24) is 0 Å². The van der Waals surface area contributed by atoms with E-state index in [1.54, 1.807) is 6.08 Å². The number of ether oxygens (including phenoxy) is 2. The van der Waals surface area contributed by atoms with Gasteiger partial charge in [-0.3, -0.25) is 18.9 Å². The van der Waals surface area contributed by atoms with Gasteiger partial charge in [0.25, 0.3) is 0 Å². The Morgan fingerprint density at radius 3 is 1.77 bits per heavy atom. The molecule has 0 spiro atoms. The molecule has 0 fully saturated rings. The molecule has 0 aliphatic rings. The van der Waals surface area contributed by atoms with Gasteiger partial charge in [0.15, 0.2) is 11.9 Å². The molecule has 1 atom stereocenters. The number of rotatable bonds is 36. The first-order valence-corrected chi connectivity index (χ1v) is 21.8.